The van der Waals surface area contributed by atoms with Gasteiger partial charge < -0.3 is 0 Å². The summed E-state index contributed by atoms with van der Waals surface area (Å²) < 4.78 is 28.8. The number of imide groups is 1. The lowest BCUT2D eigenvalue weighted by molar-refractivity contribution is -0.122. The molecule has 1 heterocycles. The highest BCUT2D eigenvalue weighted by molar-refractivity contribution is 7.89. The standard InChI is InChI=1S/C24H25N3O4S/c25-17-18-12-14-19(15-13-18)26-23(28)16-22(24(26)29)27(20-8-4-1-2-5-9-20)32(30,31)21-10-6-3-7-11-21/h3,6-7,10-15,20,22H,1-2,4-5,8-9,16H2. The second kappa shape index (κ2) is 9.23. The minimum Gasteiger partial charge on any atom is -0.274 e. The summed E-state index contributed by atoms with van der Waals surface area (Å²) in [4.78, 5) is 27.5. The zero-order valence-electron chi connectivity index (χ0n) is 17.7. The fourth-order valence-electron chi connectivity index (χ4n) is 4.62. The van der Waals surface area contributed by atoms with E-state index in [1.165, 1.54) is 28.6 Å². The number of nitriles is 1. The summed E-state index contributed by atoms with van der Waals surface area (Å²) in [7, 11) is -3.98. The average Bonchev–Trinajstić information content (AvgIpc) is 2.97. The molecule has 2 aromatic carbocycles. The summed E-state index contributed by atoms with van der Waals surface area (Å²) in [6.45, 7) is 0. The van der Waals surface area contributed by atoms with Crippen molar-refractivity contribution in [1.82, 2.24) is 4.31 Å². The van der Waals surface area contributed by atoms with Gasteiger partial charge in [0.05, 0.1) is 28.6 Å². The summed E-state index contributed by atoms with van der Waals surface area (Å²) in [6, 6.07) is 14.9. The summed E-state index contributed by atoms with van der Waals surface area (Å²) in [5, 5.41) is 9.01. The predicted molar refractivity (Wildman–Crippen MR) is 119 cm³/mol. The van der Waals surface area contributed by atoms with Crippen molar-refractivity contribution in [2.75, 3.05) is 4.90 Å². The Morgan fingerprint density at radius 2 is 1.53 bits per heavy atom. The minimum atomic E-state index is -3.98. The molecule has 2 fully saturated rings. The molecule has 0 bridgehead atoms. The highest BCUT2D eigenvalue weighted by Crippen LogP contribution is 2.34. The van der Waals surface area contributed by atoms with Gasteiger partial charge >= 0.3 is 0 Å². The van der Waals surface area contributed by atoms with Gasteiger partial charge in [-0.15, -0.1) is 0 Å². The fourth-order valence-corrected chi connectivity index (χ4v) is 6.46. The van der Waals surface area contributed by atoms with Gasteiger partial charge in [0, 0.05) is 6.04 Å². The third-order valence-electron chi connectivity index (χ3n) is 6.19. The van der Waals surface area contributed by atoms with E-state index in [-0.39, 0.29) is 17.4 Å². The van der Waals surface area contributed by atoms with E-state index in [2.05, 4.69) is 0 Å². The van der Waals surface area contributed by atoms with E-state index in [1.807, 2.05) is 6.07 Å². The SMILES string of the molecule is N#Cc1ccc(N2C(=O)CC(N(C3CCCCCC3)S(=O)(=O)c3ccccc3)C2=O)cc1. The third-order valence-corrected chi connectivity index (χ3v) is 8.16. The van der Waals surface area contributed by atoms with Crippen molar-refractivity contribution < 1.29 is 18.0 Å². The maximum absolute atomic E-state index is 13.7. The highest BCUT2D eigenvalue weighted by Gasteiger charge is 2.49. The maximum Gasteiger partial charge on any atom is 0.252 e. The van der Waals surface area contributed by atoms with Crippen LogP contribution in [0.3, 0.4) is 0 Å². The van der Waals surface area contributed by atoms with Crippen LogP contribution in [0, 0.1) is 11.3 Å². The molecule has 7 nitrogen and oxygen atoms in total. The van der Waals surface area contributed by atoms with Crippen molar-refractivity contribution in [2.24, 2.45) is 0 Å². The first kappa shape index (κ1) is 22.2. The van der Waals surface area contributed by atoms with Crippen LogP contribution < -0.4 is 4.90 Å². The van der Waals surface area contributed by atoms with E-state index in [0.29, 0.717) is 24.1 Å². The Balaban J connectivity index is 1.73. The largest absolute Gasteiger partial charge is 0.274 e. The van der Waals surface area contributed by atoms with E-state index >= 15 is 0 Å². The van der Waals surface area contributed by atoms with Gasteiger partial charge in [-0.25, -0.2) is 13.3 Å². The van der Waals surface area contributed by atoms with E-state index in [1.54, 1.807) is 30.3 Å². The van der Waals surface area contributed by atoms with Gasteiger partial charge in [0.15, 0.2) is 0 Å². The Morgan fingerprint density at radius 3 is 2.12 bits per heavy atom. The second-order valence-corrected chi connectivity index (χ2v) is 10.1. The number of hydrogen-bond donors (Lipinski definition) is 0. The van der Waals surface area contributed by atoms with E-state index in [9.17, 15) is 18.0 Å². The Bertz CT molecular complexity index is 1130. The summed E-state index contributed by atoms with van der Waals surface area (Å²) in [5.74, 6) is -0.977. The van der Waals surface area contributed by atoms with Gasteiger partial charge in [-0.05, 0) is 49.2 Å². The van der Waals surface area contributed by atoms with Crippen LogP contribution in [0.25, 0.3) is 0 Å². The molecule has 1 aliphatic carbocycles. The number of sulfonamides is 1. The molecule has 2 aliphatic rings. The van der Waals surface area contributed by atoms with Crippen LogP contribution in [0.15, 0.2) is 59.5 Å². The minimum absolute atomic E-state index is 0.126. The van der Waals surface area contributed by atoms with Crippen LogP contribution in [0.4, 0.5) is 5.69 Å². The van der Waals surface area contributed by atoms with Crippen molar-refractivity contribution in [1.29, 1.82) is 5.26 Å². The Hall–Kier alpha value is -3.02. The molecule has 0 radical (unpaired) electrons. The molecule has 0 spiro atoms. The van der Waals surface area contributed by atoms with Crippen LogP contribution in [-0.2, 0) is 19.6 Å². The lowest BCUT2D eigenvalue weighted by atomic mass is 10.1. The molecule has 1 aliphatic heterocycles. The Morgan fingerprint density at radius 1 is 0.906 bits per heavy atom. The summed E-state index contributed by atoms with van der Waals surface area (Å²) in [6.07, 6.45) is 4.98. The fraction of sp³-hybridized carbons (Fsp3) is 0.375. The molecule has 166 valence electrons. The number of amides is 2. The zero-order valence-corrected chi connectivity index (χ0v) is 18.5. The first-order valence-corrected chi connectivity index (χ1v) is 12.3. The van der Waals surface area contributed by atoms with Gasteiger partial charge in [-0.1, -0.05) is 43.9 Å². The van der Waals surface area contributed by atoms with E-state index in [4.69, 9.17) is 5.26 Å². The predicted octanol–water partition coefficient (Wildman–Crippen LogP) is 3.60. The van der Waals surface area contributed by atoms with Crippen LogP contribution in [0.5, 0.6) is 0 Å². The number of anilines is 1. The lowest BCUT2D eigenvalue weighted by Crippen LogP contribution is -2.50. The number of carbonyl (C=O) groups is 2. The number of carbonyl (C=O) groups excluding carboxylic acids is 2. The molecule has 1 atom stereocenters. The molecule has 4 rings (SSSR count). The molecule has 2 amide bonds. The third kappa shape index (κ3) is 4.18. The smallest absolute Gasteiger partial charge is 0.252 e. The summed E-state index contributed by atoms with van der Waals surface area (Å²) >= 11 is 0. The van der Waals surface area contributed by atoms with Crippen LogP contribution in [0.2, 0.25) is 0 Å². The topological polar surface area (TPSA) is 98.5 Å². The first-order chi connectivity index (χ1) is 15.4. The number of benzene rings is 2. The molecule has 32 heavy (non-hydrogen) atoms. The van der Waals surface area contributed by atoms with Crippen LogP contribution >= 0.6 is 0 Å². The van der Waals surface area contributed by atoms with Gasteiger partial charge in [0.25, 0.3) is 5.91 Å². The van der Waals surface area contributed by atoms with Crippen molar-refractivity contribution >= 4 is 27.5 Å². The van der Waals surface area contributed by atoms with Crippen molar-refractivity contribution in [3.8, 4) is 6.07 Å². The normalized spacial score (nSPS) is 20.4. The van der Waals surface area contributed by atoms with Gasteiger partial charge in [0.1, 0.15) is 6.04 Å². The summed E-state index contributed by atoms with van der Waals surface area (Å²) in [5.41, 5.74) is 0.760. The maximum atomic E-state index is 13.7. The molecule has 1 saturated carbocycles. The molecule has 0 aromatic heterocycles. The molecule has 2 aromatic rings. The van der Waals surface area contributed by atoms with Crippen molar-refractivity contribution in [3.63, 3.8) is 0 Å². The van der Waals surface area contributed by atoms with Gasteiger partial charge in [0.2, 0.25) is 15.9 Å². The molecule has 1 unspecified atom stereocenters. The van der Waals surface area contributed by atoms with Gasteiger partial charge in [-0.3, -0.25) is 9.59 Å². The van der Waals surface area contributed by atoms with Crippen LogP contribution in [-0.4, -0.2) is 36.6 Å². The first-order valence-electron chi connectivity index (χ1n) is 10.9. The number of hydrogen-bond acceptors (Lipinski definition) is 5. The lowest BCUT2D eigenvalue weighted by Gasteiger charge is -2.33. The van der Waals surface area contributed by atoms with Crippen molar-refractivity contribution in [3.05, 3.63) is 60.2 Å². The second-order valence-electron chi connectivity index (χ2n) is 8.24. The molecule has 8 heteroatoms. The van der Waals surface area contributed by atoms with E-state index < -0.39 is 27.9 Å². The monoisotopic (exact) mass is 451 g/mol. The van der Waals surface area contributed by atoms with Crippen LogP contribution in [0.1, 0.15) is 50.5 Å². The molecular weight excluding hydrogens is 426 g/mol. The molecule has 0 N–H and O–H groups in total. The average molecular weight is 452 g/mol. The number of nitrogens with zero attached hydrogens (tertiary/aromatic N) is 3. The highest BCUT2D eigenvalue weighted by atomic mass is 32.2. The quantitative estimate of drug-likeness (QED) is 0.511. The Kier molecular flexibility index (Phi) is 6.40. The zero-order chi connectivity index (χ0) is 22.7. The van der Waals surface area contributed by atoms with Crippen molar-refractivity contribution in [2.45, 2.75) is 61.9 Å². The molecular formula is C24H25N3O4S. The number of rotatable bonds is 5. The van der Waals surface area contributed by atoms with E-state index in [0.717, 1.165) is 30.6 Å². The van der Waals surface area contributed by atoms with Gasteiger partial charge in [-0.2, -0.15) is 9.57 Å². The Labute approximate surface area is 188 Å². The molecule has 1 saturated heterocycles.